The number of ether oxygens (including phenoxy) is 1. The molecule has 0 radical (unpaired) electrons. The van der Waals surface area contributed by atoms with Gasteiger partial charge in [0.05, 0.1) is 0 Å². The first-order chi connectivity index (χ1) is 10.1. The summed E-state index contributed by atoms with van der Waals surface area (Å²) < 4.78 is 5.51. The van der Waals surface area contributed by atoms with Crippen molar-refractivity contribution in [1.82, 2.24) is 5.32 Å². The third kappa shape index (κ3) is 5.10. The van der Waals surface area contributed by atoms with Crippen LogP contribution in [0.4, 0.5) is 0 Å². The summed E-state index contributed by atoms with van der Waals surface area (Å²) in [6, 6.07) is 14.9. The predicted octanol–water partition coefficient (Wildman–Crippen LogP) is 2.23. The molecule has 0 aliphatic rings. The quantitative estimate of drug-likeness (QED) is 0.731. The summed E-state index contributed by atoms with van der Waals surface area (Å²) in [4.78, 5) is 0. The van der Waals surface area contributed by atoms with E-state index in [-0.39, 0.29) is 12.4 Å². The maximum Gasteiger partial charge on any atom is 0.120 e. The second kappa shape index (κ2) is 7.67. The van der Waals surface area contributed by atoms with Crippen molar-refractivity contribution in [2.24, 2.45) is 0 Å². The fourth-order valence-corrected chi connectivity index (χ4v) is 1.92. The predicted molar refractivity (Wildman–Crippen MR) is 82.5 cm³/mol. The molecule has 21 heavy (non-hydrogen) atoms. The molecular weight excluding hydrogens is 266 g/mol. The molecule has 0 fully saturated rings. The van der Waals surface area contributed by atoms with E-state index in [1.807, 2.05) is 43.3 Å². The minimum atomic E-state index is -0.600. The molecule has 1 atom stereocenters. The summed E-state index contributed by atoms with van der Waals surface area (Å²) in [5.41, 5.74) is 1.98. The molecule has 112 valence electrons. The number of aliphatic hydroxyl groups is 1. The van der Waals surface area contributed by atoms with Crippen molar-refractivity contribution in [3.63, 3.8) is 0 Å². The van der Waals surface area contributed by atoms with Crippen LogP contribution in [0.15, 0.2) is 48.5 Å². The molecule has 4 nitrogen and oxygen atoms in total. The summed E-state index contributed by atoms with van der Waals surface area (Å²) in [6.07, 6.45) is -0.600. The van der Waals surface area contributed by atoms with Gasteiger partial charge in [0.25, 0.3) is 0 Å². The maximum absolute atomic E-state index is 9.86. The van der Waals surface area contributed by atoms with Gasteiger partial charge in [0.2, 0.25) is 0 Å². The third-order valence-electron chi connectivity index (χ3n) is 3.15. The van der Waals surface area contributed by atoms with Gasteiger partial charge in [-0.05, 0) is 25.1 Å². The SMILES string of the molecule is Cc1ccc(OCC(O)CNCc2ccccc2O)cc1. The van der Waals surface area contributed by atoms with Crippen molar-refractivity contribution in [2.45, 2.75) is 19.6 Å². The van der Waals surface area contributed by atoms with Gasteiger partial charge in [-0.2, -0.15) is 0 Å². The number of aryl methyl sites for hydroxylation is 1. The van der Waals surface area contributed by atoms with Crippen LogP contribution in [0.5, 0.6) is 11.5 Å². The first-order valence-corrected chi connectivity index (χ1v) is 7.00. The number of benzene rings is 2. The van der Waals surface area contributed by atoms with Crippen LogP contribution in [0.1, 0.15) is 11.1 Å². The van der Waals surface area contributed by atoms with Gasteiger partial charge in [-0.3, -0.25) is 0 Å². The zero-order valence-electron chi connectivity index (χ0n) is 12.1. The molecule has 1 unspecified atom stereocenters. The number of phenols is 1. The van der Waals surface area contributed by atoms with Crippen molar-refractivity contribution in [3.8, 4) is 11.5 Å². The minimum Gasteiger partial charge on any atom is -0.508 e. The largest absolute Gasteiger partial charge is 0.508 e. The zero-order valence-corrected chi connectivity index (χ0v) is 12.1. The molecule has 0 bridgehead atoms. The lowest BCUT2D eigenvalue weighted by Crippen LogP contribution is -2.31. The Labute approximate surface area is 125 Å². The molecule has 0 heterocycles. The Morgan fingerprint density at radius 3 is 2.52 bits per heavy atom. The van der Waals surface area contributed by atoms with Crippen molar-refractivity contribution in [1.29, 1.82) is 0 Å². The van der Waals surface area contributed by atoms with Gasteiger partial charge in [-0.25, -0.2) is 0 Å². The topological polar surface area (TPSA) is 61.7 Å². The van der Waals surface area contributed by atoms with Crippen molar-refractivity contribution in [3.05, 3.63) is 59.7 Å². The first-order valence-electron chi connectivity index (χ1n) is 7.00. The third-order valence-corrected chi connectivity index (χ3v) is 3.15. The molecule has 2 aromatic rings. The van der Waals surface area contributed by atoms with Crippen LogP contribution in [-0.2, 0) is 6.54 Å². The highest BCUT2D eigenvalue weighted by molar-refractivity contribution is 5.31. The Hall–Kier alpha value is -2.04. The van der Waals surface area contributed by atoms with Crippen LogP contribution in [0.25, 0.3) is 0 Å². The van der Waals surface area contributed by atoms with E-state index in [0.717, 1.165) is 11.3 Å². The number of aliphatic hydroxyl groups excluding tert-OH is 1. The molecule has 4 heteroatoms. The average molecular weight is 287 g/mol. The molecule has 3 N–H and O–H groups in total. The number of aromatic hydroxyl groups is 1. The van der Waals surface area contributed by atoms with Crippen LogP contribution in [0, 0.1) is 6.92 Å². The molecule has 0 aromatic heterocycles. The standard InChI is InChI=1S/C17H21NO3/c1-13-6-8-16(9-7-13)21-12-15(19)11-18-10-14-4-2-3-5-17(14)20/h2-9,15,18-20H,10-12H2,1H3. The van der Waals surface area contributed by atoms with Crippen LogP contribution >= 0.6 is 0 Å². The monoisotopic (exact) mass is 287 g/mol. The highest BCUT2D eigenvalue weighted by atomic mass is 16.5. The van der Waals surface area contributed by atoms with E-state index in [1.54, 1.807) is 12.1 Å². The van der Waals surface area contributed by atoms with Gasteiger partial charge in [0.1, 0.15) is 24.2 Å². The summed E-state index contributed by atoms with van der Waals surface area (Å²) in [7, 11) is 0. The molecule has 0 aliphatic carbocycles. The van der Waals surface area contributed by atoms with Gasteiger partial charge >= 0.3 is 0 Å². The van der Waals surface area contributed by atoms with E-state index in [2.05, 4.69) is 5.32 Å². The second-order valence-corrected chi connectivity index (χ2v) is 5.04. The smallest absolute Gasteiger partial charge is 0.120 e. The van der Waals surface area contributed by atoms with E-state index in [9.17, 15) is 10.2 Å². The zero-order chi connectivity index (χ0) is 15.1. The van der Waals surface area contributed by atoms with Gasteiger partial charge in [0.15, 0.2) is 0 Å². The van der Waals surface area contributed by atoms with E-state index < -0.39 is 6.10 Å². The Bertz CT molecular complexity index is 554. The van der Waals surface area contributed by atoms with E-state index in [4.69, 9.17) is 4.74 Å². The van der Waals surface area contributed by atoms with E-state index in [1.165, 1.54) is 5.56 Å². The lowest BCUT2D eigenvalue weighted by atomic mass is 10.2. The second-order valence-electron chi connectivity index (χ2n) is 5.04. The fraction of sp³-hybridized carbons (Fsp3) is 0.294. The van der Waals surface area contributed by atoms with E-state index in [0.29, 0.717) is 13.1 Å². The first kappa shape index (κ1) is 15.4. The lowest BCUT2D eigenvalue weighted by molar-refractivity contribution is 0.106. The van der Waals surface area contributed by atoms with Crippen LogP contribution in [0.2, 0.25) is 0 Å². The molecule has 0 saturated heterocycles. The Balaban J connectivity index is 1.69. The van der Waals surface area contributed by atoms with Crippen molar-refractivity contribution < 1.29 is 14.9 Å². The Kier molecular flexibility index (Phi) is 5.60. The molecule has 2 rings (SSSR count). The molecule has 2 aromatic carbocycles. The average Bonchev–Trinajstić information content (AvgIpc) is 2.49. The van der Waals surface area contributed by atoms with E-state index >= 15 is 0 Å². The normalized spacial score (nSPS) is 12.1. The Morgan fingerprint density at radius 1 is 1.10 bits per heavy atom. The number of hydrogen-bond acceptors (Lipinski definition) is 4. The molecular formula is C17H21NO3. The number of phenolic OH excluding ortho intramolecular Hbond substituents is 1. The number of nitrogens with one attached hydrogen (secondary N) is 1. The molecule has 0 spiro atoms. The molecule has 0 saturated carbocycles. The van der Waals surface area contributed by atoms with Gasteiger partial charge in [0, 0.05) is 18.7 Å². The maximum atomic E-state index is 9.86. The van der Waals surface area contributed by atoms with Gasteiger partial charge in [-0.15, -0.1) is 0 Å². The van der Waals surface area contributed by atoms with Crippen LogP contribution in [-0.4, -0.2) is 29.5 Å². The lowest BCUT2D eigenvalue weighted by Gasteiger charge is -2.13. The summed E-state index contributed by atoms with van der Waals surface area (Å²) in [5, 5.41) is 22.6. The van der Waals surface area contributed by atoms with Crippen LogP contribution < -0.4 is 10.1 Å². The van der Waals surface area contributed by atoms with Crippen LogP contribution in [0.3, 0.4) is 0 Å². The van der Waals surface area contributed by atoms with Crippen molar-refractivity contribution >= 4 is 0 Å². The Morgan fingerprint density at radius 2 is 1.81 bits per heavy atom. The number of hydrogen-bond donors (Lipinski definition) is 3. The summed E-state index contributed by atoms with van der Waals surface area (Å²) in [5.74, 6) is 1.01. The van der Waals surface area contributed by atoms with Gasteiger partial charge < -0.3 is 20.3 Å². The van der Waals surface area contributed by atoms with Gasteiger partial charge in [-0.1, -0.05) is 35.9 Å². The highest BCUT2D eigenvalue weighted by Gasteiger charge is 2.06. The van der Waals surface area contributed by atoms with Crippen molar-refractivity contribution in [2.75, 3.05) is 13.2 Å². The highest BCUT2D eigenvalue weighted by Crippen LogP contribution is 2.15. The molecule has 0 aliphatic heterocycles. The number of rotatable bonds is 7. The minimum absolute atomic E-state index is 0.233. The summed E-state index contributed by atoms with van der Waals surface area (Å²) >= 11 is 0. The summed E-state index contributed by atoms with van der Waals surface area (Å²) in [6.45, 7) is 3.16. The molecule has 0 amide bonds. The fourth-order valence-electron chi connectivity index (χ4n) is 1.92. The number of para-hydroxylation sites is 1.